The molecule has 1 aliphatic rings. The predicted molar refractivity (Wildman–Crippen MR) is 101 cm³/mol. The highest BCUT2D eigenvalue weighted by atomic mass is 16.3. The van der Waals surface area contributed by atoms with Crippen molar-refractivity contribution in [2.24, 2.45) is 5.92 Å². The Hall–Kier alpha value is -1.59. The molecule has 0 aliphatic carbocycles. The molecule has 2 amide bonds. The molecule has 3 unspecified atom stereocenters. The highest BCUT2D eigenvalue weighted by Gasteiger charge is 2.19. The Labute approximate surface area is 151 Å². The van der Waals surface area contributed by atoms with Crippen molar-refractivity contribution in [1.82, 2.24) is 15.5 Å². The van der Waals surface area contributed by atoms with Gasteiger partial charge in [-0.25, -0.2) is 4.79 Å². The lowest BCUT2D eigenvalue weighted by atomic mass is 10.0. The Morgan fingerprint density at radius 3 is 2.68 bits per heavy atom. The van der Waals surface area contributed by atoms with Crippen LogP contribution in [-0.4, -0.2) is 41.3 Å². The molecule has 1 saturated heterocycles. The maximum atomic E-state index is 12.1. The first-order valence-electron chi connectivity index (χ1n) is 9.47. The maximum Gasteiger partial charge on any atom is 0.315 e. The second-order valence-corrected chi connectivity index (χ2v) is 7.36. The number of urea groups is 1. The second kappa shape index (κ2) is 9.78. The van der Waals surface area contributed by atoms with E-state index in [0.717, 1.165) is 13.1 Å². The molecule has 0 spiro atoms. The highest BCUT2D eigenvalue weighted by Crippen LogP contribution is 2.20. The molecule has 1 aliphatic heterocycles. The largest absolute Gasteiger partial charge is 0.396 e. The van der Waals surface area contributed by atoms with E-state index in [9.17, 15) is 4.79 Å². The number of hydrogen-bond acceptors (Lipinski definition) is 3. The number of aliphatic hydroxyl groups excluding tert-OH is 1. The van der Waals surface area contributed by atoms with Crippen LogP contribution in [0.5, 0.6) is 0 Å². The van der Waals surface area contributed by atoms with Crippen molar-refractivity contribution in [2.45, 2.75) is 65.2 Å². The molecule has 1 heterocycles. The van der Waals surface area contributed by atoms with Crippen molar-refractivity contribution in [2.75, 3.05) is 13.2 Å². The highest BCUT2D eigenvalue weighted by molar-refractivity contribution is 5.74. The Bertz CT molecular complexity index is 549. The summed E-state index contributed by atoms with van der Waals surface area (Å²) in [4.78, 5) is 14.6. The van der Waals surface area contributed by atoms with Gasteiger partial charge in [0, 0.05) is 31.8 Å². The van der Waals surface area contributed by atoms with Crippen LogP contribution in [0.2, 0.25) is 0 Å². The van der Waals surface area contributed by atoms with Gasteiger partial charge in [-0.15, -0.1) is 0 Å². The van der Waals surface area contributed by atoms with Crippen molar-refractivity contribution in [3.05, 3.63) is 35.4 Å². The summed E-state index contributed by atoms with van der Waals surface area (Å²) in [5.74, 6) is 0.0404. The minimum Gasteiger partial charge on any atom is -0.396 e. The van der Waals surface area contributed by atoms with Gasteiger partial charge in [-0.1, -0.05) is 37.6 Å². The number of nitrogens with one attached hydrogen (secondary N) is 2. The summed E-state index contributed by atoms with van der Waals surface area (Å²) in [5.41, 5.74) is 2.45. The average molecular weight is 348 g/mol. The van der Waals surface area contributed by atoms with Crippen LogP contribution in [0.3, 0.4) is 0 Å². The van der Waals surface area contributed by atoms with Gasteiger partial charge in [-0.3, -0.25) is 4.90 Å². The molecule has 3 N–H and O–H groups in total. The van der Waals surface area contributed by atoms with Gasteiger partial charge < -0.3 is 15.7 Å². The van der Waals surface area contributed by atoms with Gasteiger partial charge in [0.25, 0.3) is 0 Å². The van der Waals surface area contributed by atoms with E-state index in [1.165, 1.54) is 30.4 Å². The zero-order valence-corrected chi connectivity index (χ0v) is 15.8. The molecule has 25 heavy (non-hydrogen) atoms. The first-order chi connectivity index (χ1) is 12.0. The summed E-state index contributed by atoms with van der Waals surface area (Å²) < 4.78 is 0. The number of nitrogens with zero attached hydrogens (tertiary/aromatic N) is 1. The number of benzene rings is 1. The smallest absolute Gasteiger partial charge is 0.315 e. The van der Waals surface area contributed by atoms with E-state index < -0.39 is 0 Å². The van der Waals surface area contributed by atoms with Crippen molar-refractivity contribution in [3.8, 4) is 0 Å². The minimum atomic E-state index is -0.186. The van der Waals surface area contributed by atoms with E-state index in [2.05, 4.69) is 40.7 Å². The molecular weight excluding hydrogens is 314 g/mol. The lowest BCUT2D eigenvalue weighted by molar-refractivity contribution is 0.152. The number of hydrogen-bond donors (Lipinski definition) is 3. The molecule has 0 radical (unpaired) electrons. The van der Waals surface area contributed by atoms with Gasteiger partial charge >= 0.3 is 6.03 Å². The van der Waals surface area contributed by atoms with Crippen molar-refractivity contribution >= 4 is 6.03 Å². The van der Waals surface area contributed by atoms with E-state index in [1.807, 2.05) is 19.9 Å². The van der Waals surface area contributed by atoms with Crippen LogP contribution in [0.1, 0.15) is 51.2 Å². The fourth-order valence-corrected chi connectivity index (χ4v) is 3.23. The van der Waals surface area contributed by atoms with Gasteiger partial charge in [-0.2, -0.15) is 0 Å². The average Bonchev–Trinajstić information content (AvgIpc) is 2.62. The van der Waals surface area contributed by atoms with Crippen LogP contribution in [0, 0.1) is 5.92 Å². The van der Waals surface area contributed by atoms with Gasteiger partial charge in [0.2, 0.25) is 0 Å². The van der Waals surface area contributed by atoms with Crippen LogP contribution in [0.25, 0.3) is 0 Å². The molecule has 3 atom stereocenters. The van der Waals surface area contributed by atoms with Crippen molar-refractivity contribution in [1.29, 1.82) is 0 Å². The SMILES string of the molecule is CC(CO)C(C)NC(=O)NCc1ccccc1CN1CCCCC1C. The molecular formula is C20H33N3O2. The molecule has 1 fully saturated rings. The second-order valence-electron chi connectivity index (χ2n) is 7.36. The zero-order chi connectivity index (χ0) is 18.2. The van der Waals surface area contributed by atoms with Gasteiger partial charge in [-0.05, 0) is 50.3 Å². The molecule has 5 heteroatoms. The van der Waals surface area contributed by atoms with E-state index in [0.29, 0.717) is 12.6 Å². The number of aliphatic hydroxyl groups is 1. The monoisotopic (exact) mass is 347 g/mol. The third kappa shape index (κ3) is 6.01. The van der Waals surface area contributed by atoms with Crippen molar-refractivity contribution < 1.29 is 9.90 Å². The topological polar surface area (TPSA) is 64.6 Å². The van der Waals surface area contributed by atoms with Crippen LogP contribution in [0.4, 0.5) is 4.79 Å². The summed E-state index contributed by atoms with van der Waals surface area (Å²) in [6.07, 6.45) is 3.86. The number of carbonyl (C=O) groups excluding carboxylic acids is 1. The number of likely N-dealkylation sites (tertiary alicyclic amines) is 1. The number of rotatable bonds is 7. The predicted octanol–water partition coefficient (Wildman–Crippen LogP) is 2.88. The Kier molecular flexibility index (Phi) is 7.72. The Morgan fingerprint density at radius 1 is 1.28 bits per heavy atom. The summed E-state index contributed by atoms with van der Waals surface area (Å²) in [5, 5.41) is 15.0. The van der Waals surface area contributed by atoms with E-state index in [4.69, 9.17) is 5.11 Å². The fraction of sp³-hybridized carbons (Fsp3) is 0.650. The molecule has 1 aromatic rings. The van der Waals surface area contributed by atoms with Crippen LogP contribution in [-0.2, 0) is 13.1 Å². The van der Waals surface area contributed by atoms with E-state index >= 15 is 0 Å². The summed E-state index contributed by atoms with van der Waals surface area (Å²) in [7, 11) is 0. The third-order valence-corrected chi connectivity index (χ3v) is 5.37. The molecule has 5 nitrogen and oxygen atoms in total. The lowest BCUT2D eigenvalue weighted by Crippen LogP contribution is -2.44. The van der Waals surface area contributed by atoms with E-state index in [-0.39, 0.29) is 24.6 Å². The normalized spacial score (nSPS) is 20.7. The van der Waals surface area contributed by atoms with Crippen LogP contribution in [0.15, 0.2) is 24.3 Å². The summed E-state index contributed by atoms with van der Waals surface area (Å²) in [6, 6.07) is 8.71. The maximum absolute atomic E-state index is 12.1. The molecule has 0 saturated carbocycles. The lowest BCUT2D eigenvalue weighted by Gasteiger charge is -2.33. The number of amides is 2. The summed E-state index contributed by atoms with van der Waals surface area (Å²) in [6.45, 7) is 8.81. The first kappa shape index (κ1) is 19.7. The van der Waals surface area contributed by atoms with Crippen LogP contribution < -0.4 is 10.6 Å². The summed E-state index contributed by atoms with van der Waals surface area (Å²) >= 11 is 0. The van der Waals surface area contributed by atoms with Crippen LogP contribution >= 0.6 is 0 Å². The first-order valence-corrected chi connectivity index (χ1v) is 9.47. The van der Waals surface area contributed by atoms with Crippen molar-refractivity contribution in [3.63, 3.8) is 0 Å². The van der Waals surface area contributed by atoms with Gasteiger partial charge in [0.15, 0.2) is 0 Å². The zero-order valence-electron chi connectivity index (χ0n) is 15.8. The Balaban J connectivity index is 1.90. The Morgan fingerprint density at radius 2 is 2.00 bits per heavy atom. The minimum absolute atomic E-state index is 0.0404. The van der Waals surface area contributed by atoms with E-state index in [1.54, 1.807) is 0 Å². The molecule has 1 aromatic carbocycles. The molecule has 0 aromatic heterocycles. The number of carbonyl (C=O) groups is 1. The molecule has 140 valence electrons. The number of piperidine rings is 1. The third-order valence-electron chi connectivity index (χ3n) is 5.37. The standard InChI is InChI=1S/C20H33N3O2/c1-15(14-24)17(3)22-20(25)21-12-18-9-4-5-10-19(18)13-23-11-7-6-8-16(23)2/h4-5,9-10,15-17,24H,6-8,11-14H2,1-3H3,(H2,21,22,25). The molecule has 2 rings (SSSR count). The van der Waals surface area contributed by atoms with Gasteiger partial charge in [0.1, 0.15) is 0 Å². The quantitative estimate of drug-likeness (QED) is 0.711. The molecule has 0 bridgehead atoms. The fourth-order valence-electron chi connectivity index (χ4n) is 3.23. The van der Waals surface area contributed by atoms with Gasteiger partial charge in [0.05, 0.1) is 0 Å².